The molecular formula is C13H22ClNO2. The molecule has 1 aliphatic carbocycles. The predicted octanol–water partition coefficient (Wildman–Crippen LogP) is 2.47. The minimum absolute atomic E-state index is 0.0533. The van der Waals surface area contributed by atoms with Gasteiger partial charge in [-0.25, -0.2) is 0 Å². The lowest BCUT2D eigenvalue weighted by Crippen LogP contribution is -2.43. The van der Waals surface area contributed by atoms with E-state index in [-0.39, 0.29) is 17.4 Å². The highest BCUT2D eigenvalue weighted by molar-refractivity contribution is 6.18. The number of hydrogen-bond donors (Lipinski definition) is 1. The van der Waals surface area contributed by atoms with Crippen molar-refractivity contribution in [2.45, 2.75) is 51.0 Å². The lowest BCUT2D eigenvalue weighted by Gasteiger charge is -2.35. The molecule has 98 valence electrons. The molecule has 2 rings (SSSR count). The Labute approximate surface area is 108 Å². The zero-order chi connectivity index (χ0) is 12.1. The summed E-state index contributed by atoms with van der Waals surface area (Å²) in [5.41, 5.74) is 0.133. The molecule has 1 saturated heterocycles. The van der Waals surface area contributed by atoms with Crippen LogP contribution in [0, 0.1) is 5.41 Å². The highest BCUT2D eigenvalue weighted by Gasteiger charge is 2.33. The van der Waals surface area contributed by atoms with E-state index in [1.165, 1.54) is 19.3 Å². The van der Waals surface area contributed by atoms with Gasteiger partial charge in [-0.1, -0.05) is 19.3 Å². The molecule has 0 spiro atoms. The molecule has 1 amide bonds. The Morgan fingerprint density at radius 2 is 2.06 bits per heavy atom. The zero-order valence-corrected chi connectivity index (χ0v) is 11.1. The highest BCUT2D eigenvalue weighted by atomic mass is 35.5. The van der Waals surface area contributed by atoms with E-state index >= 15 is 0 Å². The van der Waals surface area contributed by atoms with Gasteiger partial charge in [-0.2, -0.15) is 0 Å². The summed E-state index contributed by atoms with van der Waals surface area (Å²) >= 11 is 6.10. The molecule has 0 aromatic rings. The van der Waals surface area contributed by atoms with E-state index in [0.717, 1.165) is 38.8 Å². The average molecular weight is 260 g/mol. The second kappa shape index (κ2) is 6.05. The lowest BCUT2D eigenvalue weighted by molar-refractivity contribution is -0.130. The Morgan fingerprint density at radius 3 is 2.65 bits per heavy atom. The summed E-state index contributed by atoms with van der Waals surface area (Å²) in [6, 6.07) is 0. The van der Waals surface area contributed by atoms with Crippen LogP contribution in [0.25, 0.3) is 0 Å². The molecule has 1 unspecified atom stereocenters. The van der Waals surface area contributed by atoms with Gasteiger partial charge in [0, 0.05) is 24.4 Å². The molecule has 2 aliphatic rings. The Bertz CT molecular complexity index is 258. The van der Waals surface area contributed by atoms with Gasteiger partial charge in [0.15, 0.2) is 0 Å². The molecule has 0 aromatic heterocycles. The van der Waals surface area contributed by atoms with Gasteiger partial charge in [-0.15, -0.1) is 11.6 Å². The van der Waals surface area contributed by atoms with E-state index < -0.39 is 0 Å². The topological polar surface area (TPSA) is 38.3 Å². The van der Waals surface area contributed by atoms with E-state index in [1.807, 2.05) is 0 Å². The molecule has 3 nitrogen and oxygen atoms in total. The Hall–Kier alpha value is -0.280. The van der Waals surface area contributed by atoms with Crippen LogP contribution in [0.4, 0.5) is 0 Å². The number of ether oxygens (including phenoxy) is 1. The summed E-state index contributed by atoms with van der Waals surface area (Å²) in [5, 5.41) is 3.04. The van der Waals surface area contributed by atoms with Crippen molar-refractivity contribution in [2.24, 2.45) is 5.41 Å². The molecule has 1 N–H and O–H groups in total. The fourth-order valence-corrected chi connectivity index (χ4v) is 3.19. The molecular weight excluding hydrogens is 238 g/mol. The molecule has 0 radical (unpaired) electrons. The number of amides is 1. The van der Waals surface area contributed by atoms with Crippen molar-refractivity contribution in [3.05, 3.63) is 0 Å². The van der Waals surface area contributed by atoms with Crippen LogP contribution in [-0.4, -0.2) is 31.0 Å². The highest BCUT2D eigenvalue weighted by Crippen LogP contribution is 2.36. The summed E-state index contributed by atoms with van der Waals surface area (Å²) in [6.45, 7) is 1.44. The van der Waals surface area contributed by atoms with Gasteiger partial charge < -0.3 is 10.1 Å². The zero-order valence-electron chi connectivity index (χ0n) is 10.3. The van der Waals surface area contributed by atoms with Crippen molar-refractivity contribution in [2.75, 3.05) is 19.0 Å². The Balaban J connectivity index is 1.80. The van der Waals surface area contributed by atoms with Crippen LogP contribution in [0.3, 0.4) is 0 Å². The Kier molecular flexibility index (Phi) is 4.69. The minimum atomic E-state index is -0.217. The molecule has 0 aromatic carbocycles. The molecule has 4 heteroatoms. The third-order valence-electron chi connectivity index (χ3n) is 4.06. The third-order valence-corrected chi connectivity index (χ3v) is 4.62. The number of hydrogen-bond acceptors (Lipinski definition) is 2. The molecule has 17 heavy (non-hydrogen) atoms. The molecule has 1 saturated carbocycles. The number of carbonyl (C=O) groups is 1. The maximum atomic E-state index is 11.9. The van der Waals surface area contributed by atoms with Crippen molar-refractivity contribution in [1.29, 1.82) is 0 Å². The fraction of sp³-hybridized carbons (Fsp3) is 0.923. The maximum Gasteiger partial charge on any atom is 0.249 e. The largest absolute Gasteiger partial charge is 0.368 e. The number of rotatable bonds is 4. The summed E-state index contributed by atoms with van der Waals surface area (Å²) < 4.78 is 5.38. The number of alkyl halides is 1. The van der Waals surface area contributed by atoms with Crippen LogP contribution in [-0.2, 0) is 9.53 Å². The van der Waals surface area contributed by atoms with E-state index in [2.05, 4.69) is 5.32 Å². The first-order valence-corrected chi connectivity index (χ1v) is 7.24. The summed E-state index contributed by atoms with van der Waals surface area (Å²) in [5.74, 6) is 0.705. The van der Waals surface area contributed by atoms with Gasteiger partial charge in [0.1, 0.15) is 6.10 Å². The van der Waals surface area contributed by atoms with Crippen molar-refractivity contribution in [3.8, 4) is 0 Å². The molecule has 0 bridgehead atoms. The second-order valence-electron chi connectivity index (χ2n) is 5.41. The normalized spacial score (nSPS) is 27.9. The first-order valence-electron chi connectivity index (χ1n) is 6.71. The average Bonchev–Trinajstić information content (AvgIpc) is 2.91. The summed E-state index contributed by atoms with van der Waals surface area (Å²) in [6.07, 6.45) is 7.71. The van der Waals surface area contributed by atoms with Crippen molar-refractivity contribution < 1.29 is 9.53 Å². The predicted molar refractivity (Wildman–Crippen MR) is 68.2 cm³/mol. The smallest absolute Gasteiger partial charge is 0.249 e. The lowest BCUT2D eigenvalue weighted by atomic mass is 9.75. The first-order chi connectivity index (χ1) is 8.26. The van der Waals surface area contributed by atoms with Gasteiger partial charge in [0.2, 0.25) is 5.91 Å². The second-order valence-corrected chi connectivity index (χ2v) is 5.68. The van der Waals surface area contributed by atoms with E-state index in [1.54, 1.807) is 0 Å². The Morgan fingerprint density at radius 1 is 1.29 bits per heavy atom. The molecule has 1 aliphatic heterocycles. The van der Waals surface area contributed by atoms with Gasteiger partial charge in [-0.3, -0.25) is 4.79 Å². The van der Waals surface area contributed by atoms with Crippen LogP contribution in [0.15, 0.2) is 0 Å². The van der Waals surface area contributed by atoms with E-state index in [4.69, 9.17) is 16.3 Å². The molecule has 1 heterocycles. The van der Waals surface area contributed by atoms with E-state index in [0.29, 0.717) is 5.88 Å². The van der Waals surface area contributed by atoms with Gasteiger partial charge >= 0.3 is 0 Å². The monoisotopic (exact) mass is 259 g/mol. The fourth-order valence-electron chi connectivity index (χ4n) is 2.83. The van der Waals surface area contributed by atoms with Gasteiger partial charge in [0.05, 0.1) is 0 Å². The van der Waals surface area contributed by atoms with Crippen molar-refractivity contribution >= 4 is 17.5 Å². The maximum absolute atomic E-state index is 11.9. The van der Waals surface area contributed by atoms with Crippen molar-refractivity contribution in [1.82, 2.24) is 5.32 Å². The summed E-state index contributed by atoms with van der Waals surface area (Å²) in [4.78, 5) is 11.9. The van der Waals surface area contributed by atoms with Crippen LogP contribution >= 0.6 is 11.6 Å². The minimum Gasteiger partial charge on any atom is -0.368 e. The van der Waals surface area contributed by atoms with Crippen molar-refractivity contribution in [3.63, 3.8) is 0 Å². The number of nitrogens with one attached hydrogen (secondary N) is 1. The molecule has 1 atom stereocenters. The van der Waals surface area contributed by atoms with Crippen LogP contribution < -0.4 is 5.32 Å². The standard InChI is InChI=1S/C13H22ClNO2/c14-9-13(6-2-1-3-7-13)10-15-12(16)11-5-4-8-17-11/h11H,1-10H2,(H,15,16). The molecule has 2 fully saturated rings. The number of halogens is 1. The van der Waals surface area contributed by atoms with E-state index in [9.17, 15) is 4.79 Å². The quantitative estimate of drug-likeness (QED) is 0.788. The van der Waals surface area contributed by atoms with Crippen LogP contribution in [0.2, 0.25) is 0 Å². The SMILES string of the molecule is O=C(NCC1(CCl)CCCCC1)C1CCCO1. The summed E-state index contributed by atoms with van der Waals surface area (Å²) in [7, 11) is 0. The first kappa shape index (κ1) is 13.2. The number of carbonyl (C=O) groups excluding carboxylic acids is 1. The van der Waals surface area contributed by atoms with Crippen LogP contribution in [0.5, 0.6) is 0 Å². The third kappa shape index (κ3) is 3.35. The van der Waals surface area contributed by atoms with Gasteiger partial charge in [0.25, 0.3) is 0 Å². The van der Waals surface area contributed by atoms with Crippen LogP contribution in [0.1, 0.15) is 44.9 Å². The van der Waals surface area contributed by atoms with Gasteiger partial charge in [-0.05, 0) is 25.7 Å².